The number of pyridine rings is 1. The Morgan fingerprint density at radius 2 is 1.68 bits per heavy atom. The van der Waals surface area contributed by atoms with Crippen LogP contribution in [0.2, 0.25) is 0 Å². The summed E-state index contributed by atoms with van der Waals surface area (Å²) >= 11 is 0. The highest BCUT2D eigenvalue weighted by atomic mass is 16.2. The Balaban J connectivity index is 2.13. The molecule has 0 saturated heterocycles. The average Bonchev–Trinajstić information content (AvgIpc) is 2.59. The lowest BCUT2D eigenvalue weighted by molar-refractivity contribution is -0.115. The first kappa shape index (κ1) is 18.3. The Labute approximate surface area is 148 Å². The van der Waals surface area contributed by atoms with Crippen molar-refractivity contribution in [2.75, 3.05) is 5.32 Å². The summed E-state index contributed by atoms with van der Waals surface area (Å²) in [7, 11) is 0. The van der Waals surface area contributed by atoms with Crippen LogP contribution in [0.4, 0.5) is 5.69 Å². The van der Waals surface area contributed by atoms with Crippen molar-refractivity contribution in [3.8, 4) is 0 Å². The fourth-order valence-electron chi connectivity index (χ4n) is 2.25. The SMILES string of the molecule is C=C(/C=C(\C=O)C(=O)Nc1ccc(C(C)(C)C)cc1)c1ccncc1. The summed E-state index contributed by atoms with van der Waals surface area (Å²) < 4.78 is 0. The summed E-state index contributed by atoms with van der Waals surface area (Å²) in [6, 6.07) is 11.1. The second-order valence-electron chi connectivity index (χ2n) is 6.76. The summed E-state index contributed by atoms with van der Waals surface area (Å²) in [4.78, 5) is 27.6. The minimum atomic E-state index is -0.464. The number of rotatable bonds is 5. The van der Waals surface area contributed by atoms with Gasteiger partial charge in [0, 0.05) is 18.1 Å². The molecule has 0 bridgehead atoms. The molecule has 25 heavy (non-hydrogen) atoms. The predicted molar refractivity (Wildman–Crippen MR) is 101 cm³/mol. The van der Waals surface area contributed by atoms with E-state index in [1.54, 1.807) is 24.5 Å². The number of amides is 1. The van der Waals surface area contributed by atoms with Gasteiger partial charge in [0.1, 0.15) is 0 Å². The molecule has 0 aliphatic carbocycles. The molecule has 1 aromatic carbocycles. The highest BCUT2D eigenvalue weighted by Crippen LogP contribution is 2.23. The number of hydrogen-bond donors (Lipinski definition) is 1. The highest BCUT2D eigenvalue weighted by molar-refractivity contribution is 6.17. The van der Waals surface area contributed by atoms with Crippen molar-refractivity contribution in [1.29, 1.82) is 0 Å². The van der Waals surface area contributed by atoms with Crippen LogP contribution in [0.25, 0.3) is 5.57 Å². The van der Waals surface area contributed by atoms with Gasteiger partial charge in [-0.05, 0) is 52.5 Å². The summed E-state index contributed by atoms with van der Waals surface area (Å²) in [5.41, 5.74) is 3.24. The molecule has 2 rings (SSSR count). The molecule has 0 aliphatic rings. The van der Waals surface area contributed by atoms with Crippen LogP contribution in [-0.4, -0.2) is 17.2 Å². The van der Waals surface area contributed by atoms with Gasteiger partial charge in [0.2, 0.25) is 0 Å². The Morgan fingerprint density at radius 3 is 2.20 bits per heavy atom. The number of anilines is 1. The molecule has 0 unspecified atom stereocenters. The summed E-state index contributed by atoms with van der Waals surface area (Å²) in [6.45, 7) is 10.3. The molecule has 0 atom stereocenters. The van der Waals surface area contributed by atoms with Crippen molar-refractivity contribution in [3.63, 3.8) is 0 Å². The first-order valence-electron chi connectivity index (χ1n) is 7.99. The summed E-state index contributed by atoms with van der Waals surface area (Å²) in [6.07, 6.45) is 5.27. The second kappa shape index (κ2) is 7.71. The summed E-state index contributed by atoms with van der Waals surface area (Å²) in [5.74, 6) is -0.464. The molecular formula is C21H22N2O2. The molecule has 1 amide bonds. The zero-order chi connectivity index (χ0) is 18.4. The van der Waals surface area contributed by atoms with Crippen LogP contribution in [-0.2, 0) is 15.0 Å². The monoisotopic (exact) mass is 334 g/mol. The lowest BCUT2D eigenvalue weighted by atomic mass is 9.87. The standard InChI is InChI=1S/C21H22N2O2/c1-15(16-9-11-22-12-10-16)13-17(14-24)20(25)23-19-7-5-18(6-8-19)21(2,3)4/h5-14H,1H2,2-4H3,(H,23,25)/b17-13+. The highest BCUT2D eigenvalue weighted by Gasteiger charge is 2.14. The maximum atomic E-state index is 12.3. The molecular weight excluding hydrogens is 312 g/mol. The first-order chi connectivity index (χ1) is 11.8. The average molecular weight is 334 g/mol. The van der Waals surface area contributed by atoms with Gasteiger partial charge in [-0.1, -0.05) is 39.5 Å². The maximum Gasteiger partial charge on any atom is 0.258 e. The second-order valence-corrected chi connectivity index (χ2v) is 6.76. The lowest BCUT2D eigenvalue weighted by Crippen LogP contribution is -2.16. The van der Waals surface area contributed by atoms with Crippen LogP contribution in [0.5, 0.6) is 0 Å². The molecule has 2 aromatic rings. The molecule has 4 heteroatoms. The number of nitrogens with zero attached hydrogens (tertiary/aromatic N) is 1. The number of nitrogens with one attached hydrogen (secondary N) is 1. The molecule has 4 nitrogen and oxygen atoms in total. The zero-order valence-electron chi connectivity index (χ0n) is 14.7. The fourth-order valence-corrected chi connectivity index (χ4v) is 2.25. The number of benzene rings is 1. The third-order valence-corrected chi connectivity index (χ3v) is 3.78. The molecule has 0 saturated carbocycles. The van der Waals surface area contributed by atoms with E-state index in [1.165, 1.54) is 11.6 Å². The van der Waals surface area contributed by atoms with Crippen LogP contribution in [0, 0.1) is 0 Å². The van der Waals surface area contributed by atoms with Gasteiger partial charge in [-0.3, -0.25) is 14.6 Å². The van der Waals surface area contributed by atoms with Crippen LogP contribution >= 0.6 is 0 Å². The Kier molecular flexibility index (Phi) is 5.65. The third kappa shape index (κ3) is 4.98. The van der Waals surface area contributed by atoms with Crippen molar-refractivity contribution in [2.45, 2.75) is 26.2 Å². The van der Waals surface area contributed by atoms with E-state index in [0.29, 0.717) is 17.5 Å². The first-order valence-corrected chi connectivity index (χ1v) is 7.99. The van der Waals surface area contributed by atoms with Gasteiger partial charge >= 0.3 is 0 Å². The van der Waals surface area contributed by atoms with Gasteiger partial charge in [0.05, 0.1) is 5.57 Å². The number of hydrogen-bond acceptors (Lipinski definition) is 3. The Hall–Kier alpha value is -3.01. The number of aromatic nitrogens is 1. The number of carbonyl (C=O) groups is 2. The Morgan fingerprint density at radius 1 is 1.08 bits per heavy atom. The quantitative estimate of drug-likeness (QED) is 0.294. The molecule has 128 valence electrons. The smallest absolute Gasteiger partial charge is 0.258 e. The lowest BCUT2D eigenvalue weighted by Gasteiger charge is -2.19. The van der Waals surface area contributed by atoms with Crippen LogP contribution in [0.3, 0.4) is 0 Å². The number of aldehydes is 1. The third-order valence-electron chi connectivity index (χ3n) is 3.78. The van der Waals surface area contributed by atoms with Crippen molar-refractivity contribution >= 4 is 23.5 Å². The molecule has 1 N–H and O–H groups in total. The molecule has 0 aliphatic heterocycles. The zero-order valence-corrected chi connectivity index (χ0v) is 14.7. The van der Waals surface area contributed by atoms with E-state index in [9.17, 15) is 9.59 Å². The molecule has 1 heterocycles. The van der Waals surface area contributed by atoms with Gasteiger partial charge in [-0.2, -0.15) is 0 Å². The van der Waals surface area contributed by atoms with Crippen LogP contribution < -0.4 is 5.32 Å². The van der Waals surface area contributed by atoms with Crippen LogP contribution in [0.15, 0.2) is 67.0 Å². The summed E-state index contributed by atoms with van der Waals surface area (Å²) in [5, 5.41) is 2.74. The van der Waals surface area contributed by atoms with Crippen molar-refractivity contribution in [3.05, 3.63) is 78.1 Å². The van der Waals surface area contributed by atoms with Gasteiger partial charge < -0.3 is 5.32 Å². The topological polar surface area (TPSA) is 59.1 Å². The molecule has 1 aromatic heterocycles. The number of allylic oxidation sites excluding steroid dienone is 2. The minimum Gasteiger partial charge on any atom is -0.322 e. The normalized spacial score (nSPS) is 11.7. The van der Waals surface area contributed by atoms with E-state index in [1.807, 2.05) is 24.3 Å². The van der Waals surface area contributed by atoms with E-state index in [4.69, 9.17) is 0 Å². The number of carbonyl (C=O) groups excluding carboxylic acids is 2. The largest absolute Gasteiger partial charge is 0.322 e. The van der Waals surface area contributed by atoms with Crippen molar-refractivity contribution < 1.29 is 9.59 Å². The van der Waals surface area contributed by atoms with Crippen molar-refractivity contribution in [1.82, 2.24) is 4.98 Å². The van der Waals surface area contributed by atoms with Crippen molar-refractivity contribution in [2.24, 2.45) is 0 Å². The van der Waals surface area contributed by atoms with Gasteiger partial charge in [0.15, 0.2) is 6.29 Å². The van der Waals surface area contributed by atoms with Gasteiger partial charge in [-0.25, -0.2) is 0 Å². The van der Waals surface area contributed by atoms with Gasteiger partial charge in [0.25, 0.3) is 5.91 Å². The van der Waals surface area contributed by atoms with E-state index in [-0.39, 0.29) is 11.0 Å². The van der Waals surface area contributed by atoms with E-state index >= 15 is 0 Å². The van der Waals surface area contributed by atoms with Crippen LogP contribution in [0.1, 0.15) is 31.9 Å². The van der Waals surface area contributed by atoms with Gasteiger partial charge in [-0.15, -0.1) is 0 Å². The molecule has 0 fully saturated rings. The molecule has 0 spiro atoms. The van der Waals surface area contributed by atoms with E-state index in [2.05, 4.69) is 37.7 Å². The maximum absolute atomic E-state index is 12.3. The van der Waals surface area contributed by atoms with E-state index < -0.39 is 5.91 Å². The molecule has 0 radical (unpaired) electrons. The fraction of sp³-hybridized carbons (Fsp3) is 0.190. The predicted octanol–water partition coefficient (Wildman–Crippen LogP) is 4.16. The van der Waals surface area contributed by atoms with E-state index in [0.717, 1.165) is 5.56 Å². The minimum absolute atomic E-state index is 0.0155. The Bertz CT molecular complexity index is 798.